The van der Waals surface area contributed by atoms with Crippen molar-refractivity contribution in [2.75, 3.05) is 27.2 Å². The van der Waals surface area contributed by atoms with Crippen LogP contribution in [0, 0.1) is 0 Å². The molecule has 1 N–H and O–H groups in total. The molecule has 1 heterocycles. The van der Waals surface area contributed by atoms with Crippen molar-refractivity contribution in [3.63, 3.8) is 0 Å². The molecule has 0 aromatic heterocycles. The number of rotatable bonds is 3. The number of likely N-dealkylation sites (tertiary alicyclic amines) is 1. The number of phenolic OH excluding ortho intramolecular Hbond substituents is 1. The number of hydrogen-bond donors (Lipinski definition) is 1. The van der Waals surface area contributed by atoms with Crippen molar-refractivity contribution in [2.45, 2.75) is 31.7 Å². The van der Waals surface area contributed by atoms with E-state index in [-0.39, 0.29) is 11.7 Å². The number of amides is 1. The van der Waals surface area contributed by atoms with Gasteiger partial charge in [0.25, 0.3) is 0 Å². The maximum atomic E-state index is 12.4. The lowest BCUT2D eigenvalue weighted by Gasteiger charge is -2.23. The van der Waals surface area contributed by atoms with Gasteiger partial charge in [0, 0.05) is 19.1 Å². The standard InChI is InChI=1S/C16H23ClN2O2/c1-18(2)13-4-3-8-19(9-7-13)16(21)11-12-5-6-15(20)14(17)10-12/h5-6,10,13,20H,3-4,7-9,11H2,1-2H3/t13-/m0/s1. The normalized spacial score (nSPS) is 19.6. The van der Waals surface area contributed by atoms with Gasteiger partial charge in [0.1, 0.15) is 5.75 Å². The minimum atomic E-state index is 0.0523. The lowest BCUT2D eigenvalue weighted by Crippen LogP contribution is -2.34. The smallest absolute Gasteiger partial charge is 0.226 e. The third-order valence-corrected chi connectivity index (χ3v) is 4.45. The summed E-state index contributed by atoms with van der Waals surface area (Å²) in [6.07, 6.45) is 3.55. The van der Waals surface area contributed by atoms with Gasteiger partial charge in [-0.25, -0.2) is 0 Å². The second-order valence-electron chi connectivity index (χ2n) is 5.89. The zero-order chi connectivity index (χ0) is 15.4. The minimum Gasteiger partial charge on any atom is -0.506 e. The fraction of sp³-hybridized carbons (Fsp3) is 0.562. The monoisotopic (exact) mass is 310 g/mol. The molecule has 0 aliphatic carbocycles. The molecule has 1 amide bonds. The molecule has 0 radical (unpaired) electrons. The summed E-state index contributed by atoms with van der Waals surface area (Å²) >= 11 is 5.88. The van der Waals surface area contributed by atoms with Crippen LogP contribution < -0.4 is 0 Å². The first-order valence-electron chi connectivity index (χ1n) is 7.39. The summed E-state index contributed by atoms with van der Waals surface area (Å²) in [5, 5.41) is 9.71. The molecular weight excluding hydrogens is 288 g/mol. The summed E-state index contributed by atoms with van der Waals surface area (Å²) in [6, 6.07) is 5.51. The van der Waals surface area contributed by atoms with Gasteiger partial charge < -0.3 is 14.9 Å². The quantitative estimate of drug-likeness (QED) is 0.933. The first kappa shape index (κ1) is 16.1. The average molecular weight is 311 g/mol. The van der Waals surface area contributed by atoms with Gasteiger partial charge in [-0.15, -0.1) is 0 Å². The van der Waals surface area contributed by atoms with E-state index in [4.69, 9.17) is 11.6 Å². The first-order valence-corrected chi connectivity index (χ1v) is 7.77. The third kappa shape index (κ3) is 4.35. The number of hydrogen-bond acceptors (Lipinski definition) is 3. The molecule has 0 saturated carbocycles. The van der Waals surface area contributed by atoms with Gasteiger partial charge in [0.05, 0.1) is 11.4 Å². The SMILES string of the molecule is CN(C)[C@H]1CCCN(C(=O)Cc2ccc(O)c(Cl)c2)CC1. The highest BCUT2D eigenvalue weighted by molar-refractivity contribution is 6.32. The van der Waals surface area contributed by atoms with Crippen molar-refractivity contribution < 1.29 is 9.90 Å². The van der Waals surface area contributed by atoms with Gasteiger partial charge in [-0.05, 0) is 51.1 Å². The molecule has 1 aromatic carbocycles. The zero-order valence-electron chi connectivity index (χ0n) is 12.7. The van der Waals surface area contributed by atoms with E-state index in [2.05, 4.69) is 19.0 Å². The largest absolute Gasteiger partial charge is 0.506 e. The number of halogens is 1. The van der Waals surface area contributed by atoms with Gasteiger partial charge in [-0.2, -0.15) is 0 Å². The molecule has 0 spiro atoms. The fourth-order valence-electron chi connectivity index (χ4n) is 2.79. The number of nitrogens with zero attached hydrogens (tertiary/aromatic N) is 2. The summed E-state index contributed by atoms with van der Waals surface area (Å²) in [7, 11) is 4.20. The number of carbonyl (C=O) groups excluding carboxylic acids is 1. The number of phenols is 1. The van der Waals surface area contributed by atoms with Crippen LogP contribution in [0.1, 0.15) is 24.8 Å². The van der Waals surface area contributed by atoms with E-state index in [0.717, 1.165) is 37.9 Å². The van der Waals surface area contributed by atoms with Crippen LogP contribution in [0.15, 0.2) is 18.2 Å². The van der Waals surface area contributed by atoms with Crippen LogP contribution in [0.3, 0.4) is 0 Å². The molecule has 4 nitrogen and oxygen atoms in total. The lowest BCUT2D eigenvalue weighted by atomic mass is 10.1. The molecule has 1 atom stereocenters. The molecule has 1 saturated heterocycles. The van der Waals surface area contributed by atoms with Crippen molar-refractivity contribution in [1.29, 1.82) is 0 Å². The van der Waals surface area contributed by atoms with Gasteiger partial charge >= 0.3 is 0 Å². The number of aromatic hydroxyl groups is 1. The van der Waals surface area contributed by atoms with Crippen LogP contribution >= 0.6 is 11.6 Å². The Bertz CT molecular complexity index is 505. The summed E-state index contributed by atoms with van der Waals surface area (Å²) < 4.78 is 0. The van der Waals surface area contributed by atoms with E-state index in [1.807, 2.05) is 4.90 Å². The highest BCUT2D eigenvalue weighted by Gasteiger charge is 2.21. The Morgan fingerprint density at radius 1 is 1.38 bits per heavy atom. The molecular formula is C16H23ClN2O2. The topological polar surface area (TPSA) is 43.8 Å². The summed E-state index contributed by atoms with van der Waals surface area (Å²) in [5.74, 6) is 0.188. The second kappa shape index (κ2) is 7.14. The Morgan fingerprint density at radius 3 is 2.81 bits per heavy atom. The molecule has 5 heteroatoms. The highest BCUT2D eigenvalue weighted by atomic mass is 35.5. The van der Waals surface area contributed by atoms with Gasteiger partial charge in [-0.1, -0.05) is 17.7 Å². The van der Waals surface area contributed by atoms with Crippen LogP contribution in [-0.2, 0) is 11.2 Å². The summed E-state index contributed by atoms with van der Waals surface area (Å²) in [6.45, 7) is 1.64. The predicted molar refractivity (Wildman–Crippen MR) is 84.7 cm³/mol. The van der Waals surface area contributed by atoms with Crippen molar-refractivity contribution in [3.8, 4) is 5.75 Å². The van der Waals surface area contributed by atoms with E-state index in [0.29, 0.717) is 17.5 Å². The Morgan fingerprint density at radius 2 is 2.14 bits per heavy atom. The molecule has 0 unspecified atom stereocenters. The maximum Gasteiger partial charge on any atom is 0.226 e. The maximum absolute atomic E-state index is 12.4. The van der Waals surface area contributed by atoms with Crippen molar-refractivity contribution in [3.05, 3.63) is 28.8 Å². The van der Waals surface area contributed by atoms with Gasteiger partial charge in [-0.3, -0.25) is 4.79 Å². The zero-order valence-corrected chi connectivity index (χ0v) is 13.4. The molecule has 21 heavy (non-hydrogen) atoms. The predicted octanol–water partition coefficient (Wildman–Crippen LogP) is 2.53. The lowest BCUT2D eigenvalue weighted by molar-refractivity contribution is -0.130. The van der Waals surface area contributed by atoms with E-state index >= 15 is 0 Å². The molecule has 1 aliphatic rings. The molecule has 1 aliphatic heterocycles. The molecule has 2 rings (SSSR count). The van der Waals surface area contributed by atoms with Crippen LogP contribution in [0.5, 0.6) is 5.75 Å². The van der Waals surface area contributed by atoms with Gasteiger partial charge in [0.2, 0.25) is 5.91 Å². The Labute approximate surface area is 131 Å². The van der Waals surface area contributed by atoms with Gasteiger partial charge in [0.15, 0.2) is 0 Å². The molecule has 116 valence electrons. The summed E-state index contributed by atoms with van der Waals surface area (Å²) in [4.78, 5) is 16.6. The van der Waals surface area contributed by atoms with E-state index in [9.17, 15) is 9.90 Å². The van der Waals surface area contributed by atoms with Crippen molar-refractivity contribution >= 4 is 17.5 Å². The van der Waals surface area contributed by atoms with Crippen molar-refractivity contribution in [1.82, 2.24) is 9.80 Å². The number of benzene rings is 1. The Balaban J connectivity index is 1.95. The average Bonchev–Trinajstić information content (AvgIpc) is 2.69. The fourth-order valence-corrected chi connectivity index (χ4v) is 2.99. The Kier molecular flexibility index (Phi) is 5.48. The van der Waals surface area contributed by atoms with E-state index < -0.39 is 0 Å². The number of carbonyl (C=O) groups is 1. The Hall–Kier alpha value is -1.26. The second-order valence-corrected chi connectivity index (χ2v) is 6.30. The highest BCUT2D eigenvalue weighted by Crippen LogP contribution is 2.24. The van der Waals surface area contributed by atoms with Crippen molar-refractivity contribution in [2.24, 2.45) is 0 Å². The van der Waals surface area contributed by atoms with Crippen LogP contribution in [0.2, 0.25) is 5.02 Å². The molecule has 0 bridgehead atoms. The first-order chi connectivity index (χ1) is 9.97. The van der Waals surface area contributed by atoms with Crippen LogP contribution in [-0.4, -0.2) is 54.0 Å². The third-order valence-electron chi connectivity index (χ3n) is 4.15. The van der Waals surface area contributed by atoms with E-state index in [1.54, 1.807) is 12.1 Å². The molecule has 1 aromatic rings. The van der Waals surface area contributed by atoms with Crippen LogP contribution in [0.25, 0.3) is 0 Å². The minimum absolute atomic E-state index is 0.0523. The van der Waals surface area contributed by atoms with Crippen LogP contribution in [0.4, 0.5) is 0 Å². The summed E-state index contributed by atoms with van der Waals surface area (Å²) in [5.41, 5.74) is 0.844. The van der Waals surface area contributed by atoms with E-state index in [1.165, 1.54) is 6.07 Å². The molecule has 1 fully saturated rings.